The molecule has 0 heterocycles. The average Bonchev–Trinajstić information content (AvgIpc) is 2.21. The van der Waals surface area contributed by atoms with E-state index in [1.165, 1.54) is 6.07 Å². The molecule has 0 aliphatic heterocycles. The van der Waals surface area contributed by atoms with Crippen molar-refractivity contribution in [3.8, 4) is 0 Å². The van der Waals surface area contributed by atoms with Gasteiger partial charge in [-0.25, -0.2) is 13.1 Å². The summed E-state index contributed by atoms with van der Waals surface area (Å²) in [6, 6.07) is 4.69. The number of rotatable bonds is 4. The van der Waals surface area contributed by atoms with Crippen molar-refractivity contribution in [1.82, 2.24) is 4.72 Å². The fraction of sp³-hybridized carbons (Fsp3) is 0.364. The van der Waals surface area contributed by atoms with E-state index < -0.39 is 15.9 Å². The minimum atomic E-state index is -3.54. The molecule has 0 aromatic heterocycles. The van der Waals surface area contributed by atoms with Gasteiger partial charge in [0.2, 0.25) is 10.0 Å². The fourth-order valence-electron chi connectivity index (χ4n) is 1.30. The summed E-state index contributed by atoms with van der Waals surface area (Å²) in [7, 11) is -3.54. The van der Waals surface area contributed by atoms with Crippen molar-refractivity contribution in [2.45, 2.75) is 20.3 Å². The highest BCUT2D eigenvalue weighted by Crippen LogP contribution is 2.12. The number of benzene rings is 1. The van der Waals surface area contributed by atoms with Gasteiger partial charge in [0.1, 0.15) is 0 Å². The summed E-state index contributed by atoms with van der Waals surface area (Å²) < 4.78 is 24.8. The van der Waals surface area contributed by atoms with Crippen LogP contribution in [0.5, 0.6) is 0 Å². The average molecular weight is 256 g/mol. The number of amides is 1. The Hall–Kier alpha value is -1.56. The molecule has 0 saturated heterocycles. The molecule has 3 N–H and O–H groups in total. The third kappa shape index (κ3) is 3.74. The lowest BCUT2D eigenvalue weighted by Crippen LogP contribution is -2.32. The quantitative estimate of drug-likeness (QED) is 0.788. The molecule has 1 aromatic carbocycles. The Balaban J connectivity index is 2.87. The number of carbonyl (C=O) groups is 1. The van der Waals surface area contributed by atoms with Gasteiger partial charge in [-0.05, 0) is 31.0 Å². The van der Waals surface area contributed by atoms with Crippen molar-refractivity contribution in [2.24, 2.45) is 0 Å². The second-order valence-electron chi connectivity index (χ2n) is 3.82. The van der Waals surface area contributed by atoms with Gasteiger partial charge < -0.3 is 5.73 Å². The third-order valence-corrected chi connectivity index (χ3v) is 3.70. The Morgan fingerprint density at radius 3 is 2.59 bits per heavy atom. The molecular weight excluding hydrogens is 240 g/mol. The van der Waals surface area contributed by atoms with Crippen molar-refractivity contribution in [3.05, 3.63) is 29.3 Å². The lowest BCUT2D eigenvalue weighted by molar-refractivity contribution is 0.0981. The molecule has 0 aliphatic carbocycles. The molecule has 6 heteroatoms. The van der Waals surface area contributed by atoms with E-state index in [4.69, 9.17) is 5.73 Å². The molecule has 1 aromatic rings. The second-order valence-corrected chi connectivity index (χ2v) is 5.66. The number of carbonyl (C=O) groups excluding carboxylic acids is 1. The van der Waals surface area contributed by atoms with Gasteiger partial charge in [0, 0.05) is 11.3 Å². The van der Waals surface area contributed by atoms with Crippen LogP contribution >= 0.6 is 0 Å². The zero-order valence-corrected chi connectivity index (χ0v) is 10.7. The van der Waals surface area contributed by atoms with E-state index in [-0.39, 0.29) is 11.3 Å². The maximum Gasteiger partial charge on any atom is 0.264 e. The number of nitrogen functional groups attached to an aromatic ring is 1. The number of anilines is 1. The largest absolute Gasteiger partial charge is 0.398 e. The Morgan fingerprint density at radius 1 is 1.41 bits per heavy atom. The summed E-state index contributed by atoms with van der Waals surface area (Å²) in [6.45, 7) is 3.54. The SMILES string of the molecule is CCCS(=O)(=O)NC(=O)c1ccc(C)c(N)c1. The summed E-state index contributed by atoms with van der Waals surface area (Å²) in [5.41, 5.74) is 7.20. The maximum atomic E-state index is 11.7. The normalized spacial score (nSPS) is 11.2. The Bertz CT molecular complexity index is 524. The number of nitrogens with one attached hydrogen (secondary N) is 1. The van der Waals surface area contributed by atoms with Gasteiger partial charge >= 0.3 is 0 Å². The van der Waals surface area contributed by atoms with Crippen LogP contribution in [-0.4, -0.2) is 20.1 Å². The molecule has 94 valence electrons. The smallest absolute Gasteiger partial charge is 0.264 e. The van der Waals surface area contributed by atoms with Crippen LogP contribution in [0, 0.1) is 6.92 Å². The van der Waals surface area contributed by atoms with Crippen LogP contribution in [0.2, 0.25) is 0 Å². The van der Waals surface area contributed by atoms with Crippen LogP contribution in [0.3, 0.4) is 0 Å². The van der Waals surface area contributed by atoms with E-state index in [9.17, 15) is 13.2 Å². The van der Waals surface area contributed by atoms with Crippen LogP contribution in [0.15, 0.2) is 18.2 Å². The van der Waals surface area contributed by atoms with Crippen LogP contribution in [0.1, 0.15) is 29.3 Å². The topological polar surface area (TPSA) is 89.3 Å². The zero-order valence-electron chi connectivity index (χ0n) is 9.86. The molecule has 5 nitrogen and oxygen atoms in total. The highest BCUT2D eigenvalue weighted by atomic mass is 32.2. The van der Waals surface area contributed by atoms with E-state index >= 15 is 0 Å². The van der Waals surface area contributed by atoms with Crippen molar-refractivity contribution >= 4 is 21.6 Å². The van der Waals surface area contributed by atoms with E-state index in [2.05, 4.69) is 0 Å². The lowest BCUT2D eigenvalue weighted by Gasteiger charge is -2.07. The molecule has 0 radical (unpaired) electrons. The molecule has 0 fully saturated rings. The van der Waals surface area contributed by atoms with Gasteiger partial charge in [0.25, 0.3) is 5.91 Å². The van der Waals surface area contributed by atoms with Gasteiger partial charge in [0.05, 0.1) is 5.75 Å². The van der Waals surface area contributed by atoms with E-state index in [0.29, 0.717) is 12.1 Å². The summed E-state index contributed by atoms with van der Waals surface area (Å²) in [5.74, 6) is -0.717. The zero-order chi connectivity index (χ0) is 13.1. The molecule has 1 amide bonds. The number of hydrogen-bond acceptors (Lipinski definition) is 4. The van der Waals surface area contributed by atoms with Gasteiger partial charge in [-0.3, -0.25) is 4.79 Å². The van der Waals surface area contributed by atoms with Gasteiger partial charge in [-0.1, -0.05) is 13.0 Å². The van der Waals surface area contributed by atoms with Crippen LogP contribution < -0.4 is 10.5 Å². The van der Waals surface area contributed by atoms with Crippen LogP contribution in [-0.2, 0) is 10.0 Å². The van der Waals surface area contributed by atoms with E-state index in [1.54, 1.807) is 19.1 Å². The Labute approximate surface area is 101 Å². The highest BCUT2D eigenvalue weighted by molar-refractivity contribution is 7.90. The first-order valence-electron chi connectivity index (χ1n) is 5.26. The van der Waals surface area contributed by atoms with Gasteiger partial charge in [-0.2, -0.15) is 0 Å². The molecule has 0 aliphatic rings. The monoisotopic (exact) mass is 256 g/mol. The molecular formula is C11H16N2O3S. The fourth-order valence-corrected chi connectivity index (χ4v) is 2.34. The summed E-state index contributed by atoms with van der Waals surface area (Å²) in [4.78, 5) is 11.7. The summed E-state index contributed by atoms with van der Waals surface area (Å²) in [5, 5.41) is 0. The molecule has 0 saturated carbocycles. The van der Waals surface area contributed by atoms with Crippen molar-refractivity contribution in [1.29, 1.82) is 0 Å². The standard InChI is InChI=1S/C11H16N2O3S/c1-3-6-17(15,16)13-11(14)9-5-4-8(2)10(12)7-9/h4-5,7H,3,6,12H2,1-2H3,(H,13,14). The molecule has 17 heavy (non-hydrogen) atoms. The number of hydrogen-bond donors (Lipinski definition) is 2. The second kappa shape index (κ2) is 5.18. The highest BCUT2D eigenvalue weighted by Gasteiger charge is 2.15. The first kappa shape index (κ1) is 13.5. The summed E-state index contributed by atoms with van der Waals surface area (Å²) in [6.07, 6.45) is 0.457. The van der Waals surface area contributed by atoms with Gasteiger partial charge in [-0.15, -0.1) is 0 Å². The van der Waals surface area contributed by atoms with Crippen molar-refractivity contribution in [3.63, 3.8) is 0 Å². The van der Waals surface area contributed by atoms with Crippen molar-refractivity contribution < 1.29 is 13.2 Å². The number of nitrogens with two attached hydrogens (primary N) is 1. The first-order chi connectivity index (χ1) is 7.85. The molecule has 1 rings (SSSR count). The molecule has 0 bridgehead atoms. The first-order valence-corrected chi connectivity index (χ1v) is 6.92. The van der Waals surface area contributed by atoms with E-state index in [0.717, 1.165) is 5.56 Å². The van der Waals surface area contributed by atoms with Crippen LogP contribution in [0.25, 0.3) is 0 Å². The third-order valence-electron chi connectivity index (χ3n) is 2.26. The minimum absolute atomic E-state index is 0.0694. The Morgan fingerprint density at radius 2 is 2.06 bits per heavy atom. The van der Waals surface area contributed by atoms with Crippen LogP contribution in [0.4, 0.5) is 5.69 Å². The predicted molar refractivity (Wildman–Crippen MR) is 67.1 cm³/mol. The van der Waals surface area contributed by atoms with Gasteiger partial charge in [0.15, 0.2) is 0 Å². The minimum Gasteiger partial charge on any atom is -0.398 e. The number of aryl methyl sites for hydroxylation is 1. The molecule has 0 atom stereocenters. The van der Waals surface area contributed by atoms with E-state index in [1.807, 2.05) is 11.6 Å². The van der Waals surface area contributed by atoms with Crippen molar-refractivity contribution in [2.75, 3.05) is 11.5 Å². The molecule has 0 spiro atoms. The lowest BCUT2D eigenvalue weighted by atomic mass is 10.1. The molecule has 0 unspecified atom stereocenters. The summed E-state index contributed by atoms with van der Waals surface area (Å²) >= 11 is 0. The number of sulfonamides is 1. The maximum absolute atomic E-state index is 11.7. The predicted octanol–water partition coefficient (Wildman–Crippen LogP) is 1.05. The Kier molecular flexibility index (Phi) is 4.11.